The van der Waals surface area contributed by atoms with E-state index in [0.717, 1.165) is 13.0 Å². The van der Waals surface area contributed by atoms with Gasteiger partial charge in [-0.05, 0) is 6.42 Å². The Morgan fingerprint density at radius 2 is 2.43 bits per heavy atom. The predicted octanol–water partition coefficient (Wildman–Crippen LogP) is -1.01. The van der Waals surface area contributed by atoms with E-state index in [-0.39, 0.29) is 17.9 Å². The van der Waals surface area contributed by atoms with Crippen molar-refractivity contribution in [3.63, 3.8) is 0 Å². The molecule has 0 spiro atoms. The molecule has 0 aromatic carbocycles. The first kappa shape index (κ1) is 11.0. The molecule has 0 aromatic rings. The lowest BCUT2D eigenvalue weighted by Crippen LogP contribution is -2.37. The molecule has 0 radical (unpaired) electrons. The van der Waals surface area contributed by atoms with Crippen LogP contribution in [-0.4, -0.2) is 38.0 Å². The Morgan fingerprint density at radius 3 is 3.00 bits per heavy atom. The van der Waals surface area contributed by atoms with Crippen LogP contribution in [0, 0.1) is 0 Å². The summed E-state index contributed by atoms with van der Waals surface area (Å²) in [6, 6.07) is 0.243. The number of carbonyl (C=O) groups excluding carboxylic acids is 2. The van der Waals surface area contributed by atoms with Crippen molar-refractivity contribution >= 4 is 11.8 Å². The highest BCUT2D eigenvalue weighted by atomic mass is 16.2. The second kappa shape index (κ2) is 5.59. The Labute approximate surface area is 83.6 Å². The van der Waals surface area contributed by atoms with E-state index in [1.165, 1.54) is 0 Å². The fourth-order valence-corrected chi connectivity index (χ4v) is 1.43. The summed E-state index contributed by atoms with van der Waals surface area (Å²) in [5, 5.41) is 8.54. The number of amides is 2. The highest BCUT2D eigenvalue weighted by Crippen LogP contribution is 2.04. The normalized spacial score (nSPS) is 20.6. The number of rotatable bonds is 5. The summed E-state index contributed by atoms with van der Waals surface area (Å²) in [5.74, 6) is 0.163. The number of carbonyl (C=O) groups is 2. The van der Waals surface area contributed by atoms with Crippen molar-refractivity contribution in [2.75, 3.05) is 20.1 Å². The Morgan fingerprint density at radius 1 is 1.64 bits per heavy atom. The Hall–Kier alpha value is -1.10. The van der Waals surface area contributed by atoms with Crippen LogP contribution in [0.15, 0.2) is 0 Å². The summed E-state index contributed by atoms with van der Waals surface area (Å²) in [5.41, 5.74) is 0. The number of hydrogen-bond donors (Lipinski definition) is 3. The van der Waals surface area contributed by atoms with Crippen molar-refractivity contribution in [1.82, 2.24) is 16.0 Å². The highest BCUT2D eigenvalue weighted by molar-refractivity contribution is 5.78. The molecule has 1 aliphatic rings. The van der Waals surface area contributed by atoms with Gasteiger partial charge in [0, 0.05) is 39.0 Å². The molecule has 1 aliphatic heterocycles. The molecule has 1 unspecified atom stereocenters. The van der Waals surface area contributed by atoms with Crippen molar-refractivity contribution in [3.05, 3.63) is 0 Å². The van der Waals surface area contributed by atoms with E-state index in [1.54, 1.807) is 7.05 Å². The second-order valence-electron chi connectivity index (χ2n) is 3.43. The molecule has 1 rings (SSSR count). The van der Waals surface area contributed by atoms with Crippen molar-refractivity contribution in [3.8, 4) is 0 Å². The summed E-state index contributed by atoms with van der Waals surface area (Å²) < 4.78 is 0. The minimum atomic E-state index is 0.0351. The molecule has 0 bridgehead atoms. The summed E-state index contributed by atoms with van der Waals surface area (Å²) in [6.07, 6.45) is 2.00. The van der Waals surface area contributed by atoms with E-state index >= 15 is 0 Å². The molecule has 1 heterocycles. The summed E-state index contributed by atoms with van der Waals surface area (Å²) in [4.78, 5) is 21.7. The lowest BCUT2D eigenvalue weighted by molar-refractivity contribution is -0.121. The van der Waals surface area contributed by atoms with Crippen molar-refractivity contribution in [1.29, 1.82) is 0 Å². The van der Waals surface area contributed by atoms with Gasteiger partial charge in [-0.2, -0.15) is 0 Å². The standard InChI is InChI=1S/C9H17N3O2/c1-10-8(13)4-5-11-6-7-2-3-9(14)12-7/h7,11H,2-6H2,1H3,(H,10,13)(H,12,14). The lowest BCUT2D eigenvalue weighted by Gasteiger charge is -2.10. The quantitative estimate of drug-likeness (QED) is 0.497. The van der Waals surface area contributed by atoms with Crippen LogP contribution in [0.5, 0.6) is 0 Å². The molecule has 1 saturated heterocycles. The minimum Gasteiger partial charge on any atom is -0.359 e. The number of nitrogens with one attached hydrogen (secondary N) is 3. The summed E-state index contributed by atoms with van der Waals surface area (Å²) in [6.45, 7) is 1.41. The van der Waals surface area contributed by atoms with Gasteiger partial charge in [-0.3, -0.25) is 9.59 Å². The van der Waals surface area contributed by atoms with E-state index in [0.29, 0.717) is 19.4 Å². The van der Waals surface area contributed by atoms with Crippen LogP contribution in [0.25, 0.3) is 0 Å². The summed E-state index contributed by atoms with van der Waals surface area (Å²) in [7, 11) is 1.62. The van der Waals surface area contributed by atoms with Crippen LogP contribution in [0.2, 0.25) is 0 Å². The van der Waals surface area contributed by atoms with Gasteiger partial charge in [0.1, 0.15) is 0 Å². The molecule has 0 saturated carbocycles. The Balaban J connectivity index is 1.99. The van der Waals surface area contributed by atoms with Crippen LogP contribution >= 0.6 is 0 Å². The highest BCUT2D eigenvalue weighted by Gasteiger charge is 2.19. The van der Waals surface area contributed by atoms with Gasteiger partial charge in [-0.1, -0.05) is 0 Å². The maximum atomic E-state index is 10.8. The molecule has 5 nitrogen and oxygen atoms in total. The molecule has 14 heavy (non-hydrogen) atoms. The Bertz CT molecular complexity index is 218. The maximum absolute atomic E-state index is 10.8. The van der Waals surface area contributed by atoms with E-state index in [1.807, 2.05) is 0 Å². The van der Waals surface area contributed by atoms with Crippen LogP contribution in [0.3, 0.4) is 0 Å². The zero-order valence-corrected chi connectivity index (χ0v) is 8.43. The zero-order chi connectivity index (χ0) is 10.4. The smallest absolute Gasteiger partial charge is 0.221 e. The second-order valence-corrected chi connectivity index (χ2v) is 3.43. The first-order chi connectivity index (χ1) is 6.72. The van der Waals surface area contributed by atoms with Gasteiger partial charge in [0.2, 0.25) is 11.8 Å². The van der Waals surface area contributed by atoms with Crippen LogP contribution in [-0.2, 0) is 9.59 Å². The fraction of sp³-hybridized carbons (Fsp3) is 0.778. The van der Waals surface area contributed by atoms with Gasteiger partial charge in [-0.25, -0.2) is 0 Å². The molecule has 3 N–H and O–H groups in total. The first-order valence-corrected chi connectivity index (χ1v) is 4.93. The molecule has 0 aromatic heterocycles. The Kier molecular flexibility index (Phi) is 4.39. The minimum absolute atomic E-state index is 0.0351. The molecular formula is C9H17N3O2. The predicted molar refractivity (Wildman–Crippen MR) is 52.7 cm³/mol. The monoisotopic (exact) mass is 199 g/mol. The zero-order valence-electron chi connectivity index (χ0n) is 8.43. The van der Waals surface area contributed by atoms with Crippen LogP contribution < -0.4 is 16.0 Å². The third kappa shape index (κ3) is 3.74. The molecule has 0 aliphatic carbocycles. The molecule has 80 valence electrons. The van der Waals surface area contributed by atoms with Crippen molar-refractivity contribution in [2.24, 2.45) is 0 Å². The van der Waals surface area contributed by atoms with E-state index in [4.69, 9.17) is 0 Å². The fourth-order valence-electron chi connectivity index (χ4n) is 1.43. The van der Waals surface area contributed by atoms with Crippen molar-refractivity contribution < 1.29 is 9.59 Å². The topological polar surface area (TPSA) is 70.2 Å². The molecule has 1 fully saturated rings. The van der Waals surface area contributed by atoms with E-state index in [2.05, 4.69) is 16.0 Å². The van der Waals surface area contributed by atoms with Gasteiger partial charge in [-0.15, -0.1) is 0 Å². The first-order valence-electron chi connectivity index (χ1n) is 4.93. The van der Waals surface area contributed by atoms with Crippen LogP contribution in [0.1, 0.15) is 19.3 Å². The van der Waals surface area contributed by atoms with Gasteiger partial charge in [0.05, 0.1) is 0 Å². The largest absolute Gasteiger partial charge is 0.359 e. The van der Waals surface area contributed by atoms with E-state index < -0.39 is 0 Å². The third-order valence-corrected chi connectivity index (χ3v) is 2.28. The van der Waals surface area contributed by atoms with Crippen molar-refractivity contribution in [2.45, 2.75) is 25.3 Å². The lowest BCUT2D eigenvalue weighted by atomic mass is 10.2. The van der Waals surface area contributed by atoms with Gasteiger partial charge in [0.15, 0.2) is 0 Å². The van der Waals surface area contributed by atoms with E-state index in [9.17, 15) is 9.59 Å². The van der Waals surface area contributed by atoms with Crippen LogP contribution in [0.4, 0.5) is 0 Å². The van der Waals surface area contributed by atoms with Gasteiger partial charge in [0.25, 0.3) is 0 Å². The molecule has 1 atom stereocenters. The molecular weight excluding hydrogens is 182 g/mol. The van der Waals surface area contributed by atoms with Gasteiger partial charge < -0.3 is 16.0 Å². The SMILES string of the molecule is CNC(=O)CCNCC1CCC(=O)N1. The van der Waals surface area contributed by atoms with Gasteiger partial charge >= 0.3 is 0 Å². The molecule has 5 heteroatoms. The average molecular weight is 199 g/mol. The summed E-state index contributed by atoms with van der Waals surface area (Å²) >= 11 is 0. The molecule has 2 amide bonds. The average Bonchev–Trinajstić information content (AvgIpc) is 2.58. The third-order valence-electron chi connectivity index (χ3n) is 2.28. The maximum Gasteiger partial charge on any atom is 0.221 e. The number of hydrogen-bond acceptors (Lipinski definition) is 3.